The van der Waals surface area contributed by atoms with Gasteiger partial charge in [0.25, 0.3) is 0 Å². The minimum absolute atomic E-state index is 0.133. The van der Waals surface area contributed by atoms with Gasteiger partial charge in [0, 0.05) is 18.8 Å². The van der Waals surface area contributed by atoms with Crippen LogP contribution in [0.1, 0.15) is 12.8 Å². The topological polar surface area (TPSA) is 63.4 Å². The van der Waals surface area contributed by atoms with E-state index in [4.69, 9.17) is 17.3 Å². The minimum atomic E-state index is -3.82. The van der Waals surface area contributed by atoms with Crippen molar-refractivity contribution in [2.75, 3.05) is 18.8 Å². The molecule has 1 aliphatic heterocycles. The normalized spacial score (nSPS) is 17.5. The van der Waals surface area contributed by atoms with Crippen molar-refractivity contribution in [2.24, 2.45) is 0 Å². The Balaban J connectivity index is 2.52. The van der Waals surface area contributed by atoms with Crippen LogP contribution in [0.5, 0.6) is 0 Å². The van der Waals surface area contributed by atoms with Gasteiger partial charge in [-0.2, -0.15) is 4.31 Å². The van der Waals surface area contributed by atoms with Crippen LogP contribution in [0.25, 0.3) is 0 Å². The number of halogens is 2. The largest absolute Gasteiger partial charge is 0.399 e. The molecular formula is C10H12ClFN2O2S. The first kappa shape index (κ1) is 12.6. The Kier molecular flexibility index (Phi) is 3.29. The standard InChI is InChI=1S/C10H12ClFN2O2S/c11-8-5-7(13)6-9(10(8)12)17(15,16)14-3-1-2-4-14/h5-6H,1-4,13H2. The summed E-state index contributed by atoms with van der Waals surface area (Å²) < 4.78 is 39.3. The molecule has 1 aliphatic rings. The smallest absolute Gasteiger partial charge is 0.246 e. The molecule has 2 rings (SSSR count). The Bertz CT molecular complexity index is 541. The Morgan fingerprint density at radius 1 is 1.29 bits per heavy atom. The van der Waals surface area contributed by atoms with Crippen LogP contribution < -0.4 is 5.73 Å². The summed E-state index contributed by atoms with van der Waals surface area (Å²) in [5, 5.41) is -0.275. The number of benzene rings is 1. The zero-order valence-corrected chi connectivity index (χ0v) is 10.6. The lowest BCUT2D eigenvalue weighted by Crippen LogP contribution is -2.28. The van der Waals surface area contributed by atoms with Crippen LogP contribution in [0.2, 0.25) is 5.02 Å². The summed E-state index contributed by atoms with van der Waals surface area (Å²) in [6.45, 7) is 0.822. The third-order valence-corrected chi connectivity index (χ3v) is 4.87. The zero-order valence-electron chi connectivity index (χ0n) is 8.99. The molecule has 0 aromatic heterocycles. The van der Waals surface area contributed by atoms with E-state index >= 15 is 0 Å². The van der Waals surface area contributed by atoms with Crippen molar-refractivity contribution in [1.82, 2.24) is 4.31 Å². The lowest BCUT2D eigenvalue weighted by molar-refractivity contribution is 0.470. The lowest BCUT2D eigenvalue weighted by atomic mass is 10.3. The maximum absolute atomic E-state index is 13.7. The molecule has 0 aliphatic carbocycles. The molecule has 0 bridgehead atoms. The molecule has 7 heteroatoms. The van der Waals surface area contributed by atoms with Gasteiger partial charge in [-0.25, -0.2) is 12.8 Å². The lowest BCUT2D eigenvalue weighted by Gasteiger charge is -2.16. The number of nitrogens with zero attached hydrogens (tertiary/aromatic N) is 1. The molecular weight excluding hydrogens is 267 g/mol. The highest BCUT2D eigenvalue weighted by molar-refractivity contribution is 7.89. The number of nitrogen functional groups attached to an aromatic ring is 1. The van der Waals surface area contributed by atoms with E-state index < -0.39 is 20.7 Å². The molecule has 1 aromatic carbocycles. The third-order valence-electron chi connectivity index (χ3n) is 2.70. The second-order valence-electron chi connectivity index (χ2n) is 3.93. The first-order valence-corrected chi connectivity index (χ1v) is 6.99. The van der Waals surface area contributed by atoms with Crippen LogP contribution in [0.3, 0.4) is 0 Å². The Morgan fingerprint density at radius 2 is 1.88 bits per heavy atom. The number of nitrogens with two attached hydrogens (primary N) is 1. The van der Waals surface area contributed by atoms with Crippen molar-refractivity contribution in [1.29, 1.82) is 0 Å². The monoisotopic (exact) mass is 278 g/mol. The molecule has 0 spiro atoms. The number of hydrogen-bond donors (Lipinski definition) is 1. The van der Waals surface area contributed by atoms with E-state index in [-0.39, 0.29) is 10.7 Å². The summed E-state index contributed by atoms with van der Waals surface area (Å²) in [7, 11) is -3.82. The summed E-state index contributed by atoms with van der Waals surface area (Å²) in [6.07, 6.45) is 1.58. The molecule has 1 heterocycles. The summed E-state index contributed by atoms with van der Waals surface area (Å²) in [5.41, 5.74) is 5.62. The van der Waals surface area contributed by atoms with E-state index in [0.29, 0.717) is 13.1 Å². The van der Waals surface area contributed by atoms with Crippen molar-refractivity contribution in [3.8, 4) is 0 Å². The fraction of sp³-hybridized carbons (Fsp3) is 0.400. The fourth-order valence-electron chi connectivity index (χ4n) is 1.84. The predicted molar refractivity (Wildman–Crippen MR) is 63.8 cm³/mol. The highest BCUT2D eigenvalue weighted by atomic mass is 35.5. The molecule has 0 amide bonds. The number of anilines is 1. The van der Waals surface area contributed by atoms with Crippen molar-refractivity contribution < 1.29 is 12.8 Å². The van der Waals surface area contributed by atoms with Gasteiger partial charge in [0.2, 0.25) is 10.0 Å². The van der Waals surface area contributed by atoms with Crippen molar-refractivity contribution in [3.63, 3.8) is 0 Å². The van der Waals surface area contributed by atoms with Crippen LogP contribution in [-0.2, 0) is 10.0 Å². The van der Waals surface area contributed by atoms with E-state index in [2.05, 4.69) is 0 Å². The van der Waals surface area contributed by atoms with Crippen LogP contribution in [0, 0.1) is 5.82 Å². The molecule has 4 nitrogen and oxygen atoms in total. The summed E-state index contributed by atoms with van der Waals surface area (Å²) in [5.74, 6) is -0.937. The van der Waals surface area contributed by atoms with Gasteiger partial charge in [-0.3, -0.25) is 0 Å². The SMILES string of the molecule is Nc1cc(Cl)c(F)c(S(=O)(=O)N2CCCC2)c1. The number of hydrogen-bond acceptors (Lipinski definition) is 3. The second-order valence-corrected chi connectivity index (χ2v) is 6.24. The predicted octanol–water partition coefficient (Wildman–Crippen LogP) is 1.85. The molecule has 0 atom stereocenters. The quantitative estimate of drug-likeness (QED) is 0.840. The van der Waals surface area contributed by atoms with E-state index in [9.17, 15) is 12.8 Å². The number of rotatable bonds is 2. The molecule has 0 unspecified atom stereocenters. The van der Waals surface area contributed by atoms with E-state index in [0.717, 1.165) is 18.9 Å². The van der Waals surface area contributed by atoms with Gasteiger partial charge in [0.15, 0.2) is 5.82 Å². The van der Waals surface area contributed by atoms with Gasteiger partial charge in [-0.1, -0.05) is 11.6 Å². The average molecular weight is 279 g/mol. The average Bonchev–Trinajstić information content (AvgIpc) is 2.76. The molecule has 0 saturated carbocycles. The Hall–Kier alpha value is -0.850. The zero-order chi connectivity index (χ0) is 12.6. The van der Waals surface area contributed by atoms with Gasteiger partial charge in [-0.05, 0) is 25.0 Å². The van der Waals surface area contributed by atoms with E-state index in [1.165, 1.54) is 10.4 Å². The molecule has 1 saturated heterocycles. The molecule has 94 valence electrons. The van der Waals surface area contributed by atoms with E-state index in [1.807, 2.05) is 0 Å². The number of sulfonamides is 1. The van der Waals surface area contributed by atoms with Crippen LogP contribution in [0.15, 0.2) is 17.0 Å². The van der Waals surface area contributed by atoms with Crippen LogP contribution >= 0.6 is 11.6 Å². The molecule has 0 radical (unpaired) electrons. The first-order valence-electron chi connectivity index (χ1n) is 5.17. The first-order chi connectivity index (χ1) is 7.93. The maximum Gasteiger partial charge on any atom is 0.246 e. The van der Waals surface area contributed by atoms with Gasteiger partial charge in [-0.15, -0.1) is 0 Å². The summed E-state index contributed by atoms with van der Waals surface area (Å²) in [4.78, 5) is -0.440. The Labute approximate surface area is 104 Å². The van der Waals surface area contributed by atoms with Crippen molar-refractivity contribution in [3.05, 3.63) is 23.0 Å². The fourth-order valence-corrected chi connectivity index (χ4v) is 3.76. The summed E-state index contributed by atoms with van der Waals surface area (Å²) >= 11 is 5.59. The second kappa shape index (κ2) is 4.44. The molecule has 1 aromatic rings. The molecule has 2 N–H and O–H groups in total. The highest BCUT2D eigenvalue weighted by Crippen LogP contribution is 2.29. The van der Waals surface area contributed by atoms with E-state index in [1.54, 1.807) is 0 Å². The summed E-state index contributed by atoms with van der Waals surface area (Å²) in [6, 6.07) is 2.30. The van der Waals surface area contributed by atoms with Gasteiger partial charge >= 0.3 is 0 Å². The molecule has 17 heavy (non-hydrogen) atoms. The highest BCUT2D eigenvalue weighted by Gasteiger charge is 2.30. The van der Waals surface area contributed by atoms with Crippen molar-refractivity contribution in [2.45, 2.75) is 17.7 Å². The maximum atomic E-state index is 13.7. The van der Waals surface area contributed by atoms with Gasteiger partial charge in [0.1, 0.15) is 4.90 Å². The van der Waals surface area contributed by atoms with Crippen LogP contribution in [0.4, 0.5) is 10.1 Å². The third kappa shape index (κ3) is 2.25. The van der Waals surface area contributed by atoms with Gasteiger partial charge < -0.3 is 5.73 Å². The van der Waals surface area contributed by atoms with Crippen LogP contribution in [-0.4, -0.2) is 25.8 Å². The molecule has 1 fully saturated rings. The Morgan fingerprint density at radius 3 is 2.47 bits per heavy atom. The van der Waals surface area contributed by atoms with Gasteiger partial charge in [0.05, 0.1) is 5.02 Å². The van der Waals surface area contributed by atoms with Crippen molar-refractivity contribution >= 4 is 27.3 Å². The minimum Gasteiger partial charge on any atom is -0.399 e.